The normalized spacial score (nSPS) is 18.2. The van der Waals surface area contributed by atoms with Crippen LogP contribution in [0.2, 0.25) is 0 Å². The van der Waals surface area contributed by atoms with Gasteiger partial charge in [0, 0.05) is 65.0 Å². The molecule has 64 heavy (non-hydrogen) atoms. The number of anilines is 3. The molecule has 5 heterocycles. The van der Waals surface area contributed by atoms with Gasteiger partial charge in [-0.2, -0.15) is 13.2 Å². The molecule has 7 rings (SSSR count). The third-order valence-electron chi connectivity index (χ3n) is 12.9. The van der Waals surface area contributed by atoms with E-state index in [4.69, 9.17) is 4.74 Å². The molecule has 5 amide bonds. The van der Waals surface area contributed by atoms with E-state index in [9.17, 15) is 41.9 Å². The number of benzene rings is 2. The monoisotopic (exact) mass is 888 g/mol. The molecule has 3 aromatic rings. The number of hydrogen-bond acceptors (Lipinski definition) is 11. The van der Waals surface area contributed by atoms with Crippen molar-refractivity contribution in [3.63, 3.8) is 0 Å². The number of aromatic nitrogens is 1. The number of morpholine rings is 1. The van der Waals surface area contributed by atoms with Crippen LogP contribution in [0, 0.1) is 18.8 Å². The number of nitrogens with one attached hydrogen (secondary N) is 2. The number of rotatable bonds is 16. The first-order valence-electron chi connectivity index (χ1n) is 21.9. The van der Waals surface area contributed by atoms with Crippen LogP contribution in [-0.2, 0) is 31.8 Å². The number of carbonyl (C=O) groups is 6. The summed E-state index contributed by atoms with van der Waals surface area (Å²) < 4.78 is 45.7. The Morgan fingerprint density at radius 1 is 0.906 bits per heavy atom. The zero-order valence-corrected chi connectivity index (χ0v) is 36.2. The van der Waals surface area contributed by atoms with Crippen LogP contribution in [0.5, 0.6) is 0 Å². The standard InChI is InChI=1S/C46H55F3N8O7/c1-30-22-40(56-18-20-64-21-19-56)39(52-43(61)38-4-3-5-41(51-38)46(47,48)49)23-33(30)27-54(29-59)26-31-10-14-53(15-11-31)25-32-12-16-55(17-13-32)34-6-8-36-37(24-34)45(63)57(44(36)62)35(28-58)7-9-42(60)50-2/h3-6,8,22-24,28-29,31-32,35H,7,9-21,25-27H2,1-2H3,(H,50,60)(H,52,61). The van der Waals surface area contributed by atoms with E-state index in [1.54, 1.807) is 23.1 Å². The summed E-state index contributed by atoms with van der Waals surface area (Å²) in [4.78, 5) is 89.0. The number of fused-ring (bicyclic) bond motifs is 1. The molecule has 4 aliphatic rings. The lowest BCUT2D eigenvalue weighted by atomic mass is 9.92. The van der Waals surface area contributed by atoms with E-state index in [1.165, 1.54) is 13.1 Å². The van der Waals surface area contributed by atoms with Crippen LogP contribution < -0.4 is 20.4 Å². The Balaban J connectivity index is 0.908. The van der Waals surface area contributed by atoms with Crippen molar-refractivity contribution in [1.29, 1.82) is 0 Å². The van der Waals surface area contributed by atoms with E-state index in [0.717, 1.165) is 98.7 Å². The summed E-state index contributed by atoms with van der Waals surface area (Å²) in [5, 5.41) is 5.30. The Hall–Kier alpha value is -5.88. The predicted octanol–water partition coefficient (Wildman–Crippen LogP) is 4.77. The minimum absolute atomic E-state index is 0.0163. The lowest BCUT2D eigenvalue weighted by Crippen LogP contribution is -2.43. The van der Waals surface area contributed by atoms with Gasteiger partial charge in [-0.05, 0) is 118 Å². The number of aryl methyl sites for hydroxylation is 1. The molecule has 15 nitrogen and oxygen atoms in total. The first-order valence-corrected chi connectivity index (χ1v) is 21.9. The molecule has 4 aliphatic heterocycles. The topological polar surface area (TPSA) is 165 Å². The molecule has 0 aliphatic carbocycles. The van der Waals surface area contributed by atoms with Gasteiger partial charge in [-0.25, -0.2) is 4.98 Å². The summed E-state index contributed by atoms with van der Waals surface area (Å²) >= 11 is 0. The quantitative estimate of drug-likeness (QED) is 0.150. The SMILES string of the molecule is CNC(=O)CCC(C=O)N1C(=O)c2ccc(N3CCC(CN4CCC(CN(C=O)Cc5cc(NC(=O)c6cccc(C(F)(F)F)n6)c(N6CCOCC6)cc5C)CC4)CC3)cc2C1=O. The van der Waals surface area contributed by atoms with Crippen LogP contribution in [0.3, 0.4) is 0 Å². The van der Waals surface area contributed by atoms with E-state index in [2.05, 4.69) is 30.3 Å². The van der Waals surface area contributed by atoms with Crippen molar-refractivity contribution < 1.29 is 46.7 Å². The molecule has 2 aromatic carbocycles. The lowest BCUT2D eigenvalue weighted by molar-refractivity contribution is -0.141. The molecule has 342 valence electrons. The molecular weight excluding hydrogens is 834 g/mol. The van der Waals surface area contributed by atoms with Crippen LogP contribution in [0.25, 0.3) is 0 Å². The Kier molecular flexibility index (Phi) is 14.6. The van der Waals surface area contributed by atoms with Gasteiger partial charge in [0.15, 0.2) is 0 Å². The van der Waals surface area contributed by atoms with E-state index in [0.29, 0.717) is 68.9 Å². The van der Waals surface area contributed by atoms with Crippen molar-refractivity contribution in [2.75, 3.05) is 87.7 Å². The fraction of sp³-hybridized carbons (Fsp3) is 0.500. The lowest BCUT2D eigenvalue weighted by Gasteiger charge is -2.39. The van der Waals surface area contributed by atoms with Gasteiger partial charge in [0.1, 0.15) is 17.7 Å². The van der Waals surface area contributed by atoms with Crippen LogP contribution >= 0.6 is 0 Å². The Morgan fingerprint density at radius 2 is 1.61 bits per heavy atom. The molecule has 0 spiro atoms. The summed E-state index contributed by atoms with van der Waals surface area (Å²) in [6.45, 7) is 9.29. The largest absolute Gasteiger partial charge is 0.433 e. The van der Waals surface area contributed by atoms with Gasteiger partial charge in [0.25, 0.3) is 17.7 Å². The highest BCUT2D eigenvalue weighted by molar-refractivity contribution is 6.22. The molecule has 0 bridgehead atoms. The highest BCUT2D eigenvalue weighted by Gasteiger charge is 2.41. The highest BCUT2D eigenvalue weighted by Crippen LogP contribution is 2.34. The molecule has 2 N–H and O–H groups in total. The van der Waals surface area contributed by atoms with Gasteiger partial charge in [-0.15, -0.1) is 0 Å². The second kappa shape index (κ2) is 20.3. The number of imide groups is 1. The molecule has 1 unspecified atom stereocenters. The number of likely N-dealkylation sites (tertiary alicyclic amines) is 1. The van der Waals surface area contributed by atoms with Crippen molar-refractivity contribution >= 4 is 53.4 Å². The third-order valence-corrected chi connectivity index (χ3v) is 12.9. The first-order chi connectivity index (χ1) is 30.8. The second-order valence-electron chi connectivity index (χ2n) is 17.1. The zero-order chi connectivity index (χ0) is 45.5. The number of piperidine rings is 2. The number of aldehydes is 1. The maximum Gasteiger partial charge on any atom is 0.433 e. The Bertz CT molecular complexity index is 2220. The number of hydrogen-bond donors (Lipinski definition) is 2. The molecule has 0 saturated carbocycles. The molecule has 1 atom stereocenters. The van der Waals surface area contributed by atoms with Crippen LogP contribution in [-0.4, -0.2) is 135 Å². The number of amides is 5. The van der Waals surface area contributed by atoms with Crippen molar-refractivity contribution in [1.82, 2.24) is 25.0 Å². The van der Waals surface area contributed by atoms with Gasteiger partial charge in [-0.3, -0.25) is 28.9 Å². The highest BCUT2D eigenvalue weighted by atomic mass is 19.4. The summed E-state index contributed by atoms with van der Waals surface area (Å²) in [6, 6.07) is 11.2. The van der Waals surface area contributed by atoms with Crippen LogP contribution in [0.4, 0.5) is 30.2 Å². The van der Waals surface area contributed by atoms with Crippen LogP contribution in [0.1, 0.15) is 86.6 Å². The van der Waals surface area contributed by atoms with E-state index < -0.39 is 35.6 Å². The average Bonchev–Trinajstić information content (AvgIpc) is 3.55. The van der Waals surface area contributed by atoms with E-state index in [-0.39, 0.29) is 35.6 Å². The number of carbonyl (C=O) groups excluding carboxylic acids is 6. The van der Waals surface area contributed by atoms with Crippen molar-refractivity contribution in [2.45, 2.75) is 64.2 Å². The maximum atomic E-state index is 13.4. The summed E-state index contributed by atoms with van der Waals surface area (Å²) in [7, 11) is 1.49. The summed E-state index contributed by atoms with van der Waals surface area (Å²) in [6.07, 6.45) is 0.553. The molecule has 3 fully saturated rings. The molecule has 0 radical (unpaired) electrons. The Morgan fingerprint density at radius 3 is 2.28 bits per heavy atom. The minimum Gasteiger partial charge on any atom is -0.378 e. The second-order valence-corrected chi connectivity index (χ2v) is 17.1. The van der Waals surface area contributed by atoms with Gasteiger partial charge >= 0.3 is 6.18 Å². The number of halogens is 3. The molecular formula is C46H55F3N8O7. The third kappa shape index (κ3) is 10.7. The van der Waals surface area contributed by atoms with E-state index in [1.807, 2.05) is 19.1 Å². The van der Waals surface area contributed by atoms with Gasteiger partial charge in [0.2, 0.25) is 12.3 Å². The smallest absolute Gasteiger partial charge is 0.378 e. The number of alkyl halides is 3. The van der Waals surface area contributed by atoms with Gasteiger partial charge in [0.05, 0.1) is 41.8 Å². The first kappa shape index (κ1) is 46.1. The van der Waals surface area contributed by atoms with Gasteiger partial charge in [-0.1, -0.05) is 6.07 Å². The van der Waals surface area contributed by atoms with Crippen molar-refractivity contribution in [2.24, 2.45) is 11.8 Å². The van der Waals surface area contributed by atoms with Crippen molar-refractivity contribution in [3.05, 3.63) is 82.2 Å². The average molecular weight is 889 g/mol. The fourth-order valence-electron chi connectivity index (χ4n) is 9.17. The number of pyridine rings is 1. The zero-order valence-electron chi connectivity index (χ0n) is 36.2. The summed E-state index contributed by atoms with van der Waals surface area (Å²) in [5.74, 6) is -1.31. The maximum absolute atomic E-state index is 13.4. The molecule has 18 heteroatoms. The predicted molar refractivity (Wildman–Crippen MR) is 232 cm³/mol. The fourth-order valence-corrected chi connectivity index (χ4v) is 9.17. The summed E-state index contributed by atoms with van der Waals surface area (Å²) in [5.41, 5.74) is 2.72. The Labute approximate surface area is 370 Å². The number of nitrogens with zero attached hydrogens (tertiary/aromatic N) is 6. The van der Waals surface area contributed by atoms with Crippen LogP contribution in [0.15, 0.2) is 48.5 Å². The number of ether oxygens (including phenoxy) is 1. The molecule has 1 aromatic heterocycles. The molecule has 3 saturated heterocycles. The van der Waals surface area contributed by atoms with E-state index >= 15 is 0 Å². The van der Waals surface area contributed by atoms with Gasteiger partial charge < -0.3 is 39.8 Å². The minimum atomic E-state index is -4.70. The van der Waals surface area contributed by atoms with Crippen molar-refractivity contribution in [3.8, 4) is 0 Å².